The van der Waals surface area contributed by atoms with Crippen molar-refractivity contribution in [3.63, 3.8) is 0 Å². The van der Waals surface area contributed by atoms with E-state index in [1.807, 2.05) is 20.2 Å². The predicted octanol–water partition coefficient (Wildman–Crippen LogP) is 1.39. The Labute approximate surface area is 113 Å². The molecule has 0 radical (unpaired) electrons. The second kappa shape index (κ2) is 7.33. The summed E-state index contributed by atoms with van der Waals surface area (Å²) in [5.41, 5.74) is 0. The van der Waals surface area contributed by atoms with Crippen LogP contribution >= 0.6 is 11.3 Å². The molecule has 0 bridgehead atoms. The van der Waals surface area contributed by atoms with Crippen molar-refractivity contribution in [2.75, 3.05) is 32.5 Å². The van der Waals surface area contributed by atoms with Crippen LogP contribution in [0.2, 0.25) is 0 Å². The zero-order chi connectivity index (χ0) is 13.5. The fourth-order valence-corrected chi connectivity index (χ4v) is 2.70. The summed E-state index contributed by atoms with van der Waals surface area (Å²) in [5.74, 6) is 0.0839. The summed E-state index contributed by atoms with van der Waals surface area (Å²) in [5, 5.41) is 6.82. The first-order valence-electron chi connectivity index (χ1n) is 6.15. The van der Waals surface area contributed by atoms with E-state index in [0.29, 0.717) is 0 Å². The van der Waals surface area contributed by atoms with E-state index in [1.165, 1.54) is 4.88 Å². The van der Waals surface area contributed by atoms with Crippen molar-refractivity contribution in [3.8, 4) is 0 Å². The van der Waals surface area contributed by atoms with Gasteiger partial charge in [0.05, 0.1) is 0 Å². The SMILES string of the molecule is CCNc1ncc(CN(C)CC(C)C(=O)NC)s1. The van der Waals surface area contributed by atoms with Gasteiger partial charge in [0.25, 0.3) is 0 Å². The summed E-state index contributed by atoms with van der Waals surface area (Å²) in [7, 11) is 3.69. The lowest BCUT2D eigenvalue weighted by Crippen LogP contribution is -2.34. The number of hydrogen-bond acceptors (Lipinski definition) is 5. The van der Waals surface area contributed by atoms with Gasteiger partial charge in [0.1, 0.15) is 0 Å². The van der Waals surface area contributed by atoms with E-state index in [2.05, 4.69) is 27.4 Å². The molecule has 1 atom stereocenters. The van der Waals surface area contributed by atoms with Crippen LogP contribution in [-0.2, 0) is 11.3 Å². The van der Waals surface area contributed by atoms with Crippen molar-refractivity contribution >= 4 is 22.4 Å². The average molecular weight is 270 g/mol. The van der Waals surface area contributed by atoms with Gasteiger partial charge in [-0.25, -0.2) is 4.98 Å². The minimum absolute atomic E-state index is 0.00107. The number of carbonyl (C=O) groups is 1. The van der Waals surface area contributed by atoms with Crippen LogP contribution in [0.15, 0.2) is 6.20 Å². The molecule has 2 N–H and O–H groups in total. The molecule has 102 valence electrons. The summed E-state index contributed by atoms with van der Waals surface area (Å²) < 4.78 is 0. The second-order valence-corrected chi connectivity index (χ2v) is 5.49. The van der Waals surface area contributed by atoms with E-state index in [4.69, 9.17) is 0 Å². The Kier molecular flexibility index (Phi) is 6.07. The summed E-state index contributed by atoms with van der Waals surface area (Å²) in [6, 6.07) is 0. The lowest BCUT2D eigenvalue weighted by Gasteiger charge is -2.19. The third-order valence-electron chi connectivity index (χ3n) is 2.59. The molecule has 5 nitrogen and oxygen atoms in total. The van der Waals surface area contributed by atoms with Crippen molar-refractivity contribution in [1.82, 2.24) is 15.2 Å². The highest BCUT2D eigenvalue weighted by molar-refractivity contribution is 7.15. The lowest BCUT2D eigenvalue weighted by atomic mass is 10.1. The first-order chi connectivity index (χ1) is 8.56. The van der Waals surface area contributed by atoms with Gasteiger partial charge in [-0.1, -0.05) is 6.92 Å². The molecule has 1 aromatic heterocycles. The monoisotopic (exact) mass is 270 g/mol. The molecule has 1 unspecified atom stereocenters. The van der Waals surface area contributed by atoms with Gasteiger partial charge in [-0.05, 0) is 14.0 Å². The number of nitrogens with one attached hydrogen (secondary N) is 2. The number of aromatic nitrogens is 1. The van der Waals surface area contributed by atoms with Crippen LogP contribution < -0.4 is 10.6 Å². The van der Waals surface area contributed by atoms with Crippen LogP contribution in [0.5, 0.6) is 0 Å². The lowest BCUT2D eigenvalue weighted by molar-refractivity contribution is -0.124. The molecular weight excluding hydrogens is 248 g/mol. The Morgan fingerprint density at radius 1 is 1.61 bits per heavy atom. The third-order valence-corrected chi connectivity index (χ3v) is 3.53. The standard InChI is InChI=1S/C12H22N4OS/c1-5-14-12-15-6-10(18-12)8-16(4)7-9(2)11(17)13-3/h6,9H,5,7-8H2,1-4H3,(H,13,17)(H,14,15). The number of carbonyl (C=O) groups excluding carboxylic acids is 1. The van der Waals surface area contributed by atoms with Crippen LogP contribution in [0.1, 0.15) is 18.7 Å². The fraction of sp³-hybridized carbons (Fsp3) is 0.667. The molecule has 0 aromatic carbocycles. The normalized spacial score (nSPS) is 12.5. The van der Waals surface area contributed by atoms with E-state index in [-0.39, 0.29) is 11.8 Å². The van der Waals surface area contributed by atoms with Gasteiger partial charge in [0.2, 0.25) is 5.91 Å². The topological polar surface area (TPSA) is 57.3 Å². The van der Waals surface area contributed by atoms with Crippen molar-refractivity contribution in [2.24, 2.45) is 5.92 Å². The second-order valence-electron chi connectivity index (χ2n) is 4.37. The summed E-state index contributed by atoms with van der Waals surface area (Å²) in [6.45, 7) is 6.44. The largest absolute Gasteiger partial charge is 0.362 e. The van der Waals surface area contributed by atoms with Gasteiger partial charge in [0, 0.05) is 43.7 Å². The van der Waals surface area contributed by atoms with Gasteiger partial charge in [-0.2, -0.15) is 0 Å². The van der Waals surface area contributed by atoms with Crippen molar-refractivity contribution in [3.05, 3.63) is 11.1 Å². The zero-order valence-corrected chi connectivity index (χ0v) is 12.3. The van der Waals surface area contributed by atoms with E-state index in [0.717, 1.165) is 24.8 Å². The number of rotatable bonds is 7. The van der Waals surface area contributed by atoms with E-state index < -0.39 is 0 Å². The molecule has 0 aliphatic heterocycles. The van der Waals surface area contributed by atoms with Crippen molar-refractivity contribution < 1.29 is 4.79 Å². The van der Waals surface area contributed by atoms with Gasteiger partial charge in [0.15, 0.2) is 5.13 Å². The Bertz CT molecular complexity index is 380. The summed E-state index contributed by atoms with van der Waals surface area (Å²) in [4.78, 5) is 19.1. The van der Waals surface area contributed by atoms with Gasteiger partial charge >= 0.3 is 0 Å². The average Bonchev–Trinajstić information content (AvgIpc) is 2.75. The molecule has 1 heterocycles. The number of anilines is 1. The first-order valence-corrected chi connectivity index (χ1v) is 6.97. The molecule has 6 heteroatoms. The van der Waals surface area contributed by atoms with E-state index in [9.17, 15) is 4.79 Å². The minimum Gasteiger partial charge on any atom is -0.362 e. The highest BCUT2D eigenvalue weighted by Crippen LogP contribution is 2.19. The molecule has 0 aliphatic carbocycles. The number of amides is 1. The zero-order valence-electron chi connectivity index (χ0n) is 11.5. The van der Waals surface area contributed by atoms with Crippen molar-refractivity contribution in [1.29, 1.82) is 0 Å². The fourth-order valence-electron chi connectivity index (χ4n) is 1.74. The summed E-state index contributed by atoms with van der Waals surface area (Å²) in [6.07, 6.45) is 1.89. The molecular formula is C12H22N4OS. The molecule has 1 aromatic rings. The maximum atomic E-state index is 11.4. The molecule has 18 heavy (non-hydrogen) atoms. The Balaban J connectivity index is 2.43. The molecule has 1 amide bonds. The number of thiazole rings is 1. The molecule has 0 aliphatic rings. The maximum absolute atomic E-state index is 11.4. The highest BCUT2D eigenvalue weighted by atomic mass is 32.1. The molecule has 0 saturated heterocycles. The molecule has 0 spiro atoms. The van der Waals surface area contributed by atoms with Gasteiger partial charge < -0.3 is 15.5 Å². The Morgan fingerprint density at radius 2 is 2.33 bits per heavy atom. The molecule has 1 rings (SSSR count). The van der Waals surface area contributed by atoms with Crippen LogP contribution in [0, 0.1) is 5.92 Å². The number of hydrogen-bond donors (Lipinski definition) is 2. The third kappa shape index (κ3) is 4.62. The highest BCUT2D eigenvalue weighted by Gasteiger charge is 2.14. The van der Waals surface area contributed by atoms with Crippen molar-refractivity contribution in [2.45, 2.75) is 20.4 Å². The van der Waals surface area contributed by atoms with Crippen LogP contribution in [0.4, 0.5) is 5.13 Å². The van der Waals surface area contributed by atoms with Crippen LogP contribution in [-0.4, -0.2) is 43.0 Å². The van der Waals surface area contributed by atoms with E-state index >= 15 is 0 Å². The van der Waals surface area contributed by atoms with Crippen LogP contribution in [0.25, 0.3) is 0 Å². The Hall–Kier alpha value is -1.14. The quantitative estimate of drug-likeness (QED) is 0.786. The molecule has 0 saturated carbocycles. The van der Waals surface area contributed by atoms with Crippen LogP contribution in [0.3, 0.4) is 0 Å². The first kappa shape index (κ1) is 14.9. The molecule has 0 fully saturated rings. The minimum atomic E-state index is 0.00107. The van der Waals surface area contributed by atoms with Gasteiger partial charge in [-0.3, -0.25) is 4.79 Å². The Morgan fingerprint density at radius 3 is 2.94 bits per heavy atom. The van der Waals surface area contributed by atoms with E-state index in [1.54, 1.807) is 18.4 Å². The summed E-state index contributed by atoms with van der Waals surface area (Å²) >= 11 is 1.66. The van der Waals surface area contributed by atoms with Gasteiger partial charge in [-0.15, -0.1) is 11.3 Å². The number of nitrogens with zero attached hydrogens (tertiary/aromatic N) is 2. The smallest absolute Gasteiger partial charge is 0.223 e. The predicted molar refractivity (Wildman–Crippen MR) is 75.8 cm³/mol. The maximum Gasteiger partial charge on any atom is 0.223 e.